The topological polar surface area (TPSA) is 77.9 Å². The highest BCUT2D eigenvalue weighted by Gasteiger charge is 2.28. The second-order valence-corrected chi connectivity index (χ2v) is 11.1. The molecule has 1 aliphatic heterocycles. The van der Waals surface area contributed by atoms with Crippen LogP contribution >= 0.6 is 0 Å². The van der Waals surface area contributed by atoms with Crippen molar-refractivity contribution in [1.82, 2.24) is 4.90 Å². The van der Waals surface area contributed by atoms with Crippen molar-refractivity contribution in [2.24, 2.45) is 0 Å². The summed E-state index contributed by atoms with van der Waals surface area (Å²) < 4.78 is 0. The Morgan fingerprint density at radius 2 is 1.36 bits per heavy atom. The Kier molecular flexibility index (Phi) is 12.0. The number of benzene rings is 4. The summed E-state index contributed by atoms with van der Waals surface area (Å²) in [6.45, 7) is 6.79. The van der Waals surface area contributed by atoms with Crippen LogP contribution in [0, 0.1) is 0 Å². The van der Waals surface area contributed by atoms with Gasteiger partial charge in [-0.1, -0.05) is 104 Å². The number of para-hydroxylation sites is 1. The Balaban J connectivity index is 0.000000209. The first-order valence-corrected chi connectivity index (χ1v) is 15.4. The molecule has 5 rings (SSSR count). The molecule has 1 N–H and O–H groups in total. The molecule has 0 saturated carbocycles. The molecule has 1 aliphatic rings. The third-order valence-corrected chi connectivity index (χ3v) is 8.14. The van der Waals surface area contributed by atoms with E-state index in [1.54, 1.807) is 55.5 Å². The number of aliphatic carboxylic acids is 1. The Labute approximate surface area is 261 Å². The molecule has 6 nitrogen and oxygen atoms in total. The normalized spacial score (nSPS) is 14.1. The number of nitrogens with zero attached hydrogens (tertiary/aromatic N) is 2. The molecular formula is C38H42N2O4. The van der Waals surface area contributed by atoms with Crippen LogP contribution in [0.5, 0.6) is 0 Å². The number of carboxylic acid groups (broad SMARTS) is 1. The number of carbonyl (C=O) groups excluding carboxylic acids is 2. The zero-order valence-corrected chi connectivity index (χ0v) is 25.6. The third kappa shape index (κ3) is 8.98. The van der Waals surface area contributed by atoms with Crippen molar-refractivity contribution in [2.75, 3.05) is 24.5 Å². The third-order valence-electron chi connectivity index (χ3n) is 8.14. The van der Waals surface area contributed by atoms with E-state index in [9.17, 15) is 14.4 Å². The first kappa shape index (κ1) is 32.4. The standard InChI is InChI=1S/C22H28N2O.C16H14O3/c1-2-22(25)24(20-11-7-4-8-12-20)21-14-17-23(18-15-21)16-13-19-9-5-3-6-10-19;1-11(16(18)19)13-8-5-9-14(10-13)15(17)12-6-3-2-4-7-12/h3-12,21H,2,13-18H2,1H3;2-11H,1H3,(H,18,19). The van der Waals surface area contributed by atoms with Crippen LogP contribution in [0.15, 0.2) is 115 Å². The number of amides is 1. The van der Waals surface area contributed by atoms with E-state index in [0.717, 1.165) is 44.6 Å². The van der Waals surface area contributed by atoms with E-state index >= 15 is 0 Å². The lowest BCUT2D eigenvalue weighted by molar-refractivity contribution is -0.138. The molecule has 0 radical (unpaired) electrons. The lowest BCUT2D eigenvalue weighted by Gasteiger charge is -2.38. The fourth-order valence-corrected chi connectivity index (χ4v) is 5.50. The van der Waals surface area contributed by atoms with Gasteiger partial charge >= 0.3 is 5.97 Å². The quantitative estimate of drug-likeness (QED) is 0.197. The van der Waals surface area contributed by atoms with Gasteiger partial charge in [-0.05, 0) is 55.5 Å². The van der Waals surface area contributed by atoms with E-state index in [1.807, 2.05) is 36.1 Å². The SMILES string of the molecule is CC(C(=O)O)c1cccc(C(=O)c2ccccc2)c1.CCC(=O)N(c1ccccc1)C1CCN(CCc2ccccc2)CC1. The lowest BCUT2D eigenvalue weighted by atomic mass is 9.96. The van der Waals surface area contributed by atoms with E-state index < -0.39 is 11.9 Å². The number of hydrogen-bond donors (Lipinski definition) is 1. The molecular weight excluding hydrogens is 548 g/mol. The van der Waals surface area contributed by atoms with Gasteiger partial charge in [0.15, 0.2) is 5.78 Å². The molecule has 4 aromatic carbocycles. The van der Waals surface area contributed by atoms with Crippen molar-refractivity contribution in [3.8, 4) is 0 Å². The maximum atomic E-state index is 12.5. The first-order valence-electron chi connectivity index (χ1n) is 15.4. The van der Waals surface area contributed by atoms with Crippen molar-refractivity contribution >= 4 is 23.3 Å². The molecule has 0 aromatic heterocycles. The van der Waals surface area contributed by atoms with Crippen LogP contribution in [0.25, 0.3) is 0 Å². The summed E-state index contributed by atoms with van der Waals surface area (Å²) >= 11 is 0. The van der Waals surface area contributed by atoms with Crippen LogP contribution in [0.3, 0.4) is 0 Å². The summed E-state index contributed by atoms with van der Waals surface area (Å²) in [6.07, 6.45) is 3.76. The van der Waals surface area contributed by atoms with Crippen molar-refractivity contribution < 1.29 is 19.5 Å². The molecule has 1 saturated heterocycles. The van der Waals surface area contributed by atoms with Crippen LogP contribution in [0.2, 0.25) is 0 Å². The molecule has 1 atom stereocenters. The van der Waals surface area contributed by atoms with Gasteiger partial charge in [-0.3, -0.25) is 14.4 Å². The minimum absolute atomic E-state index is 0.0972. The Morgan fingerprint density at radius 3 is 1.95 bits per heavy atom. The Hall–Kier alpha value is -4.55. The number of ketones is 1. The molecule has 1 heterocycles. The molecule has 1 unspecified atom stereocenters. The van der Waals surface area contributed by atoms with Crippen molar-refractivity contribution in [3.05, 3.63) is 138 Å². The average molecular weight is 591 g/mol. The summed E-state index contributed by atoms with van der Waals surface area (Å²) in [5.74, 6) is -1.39. The van der Waals surface area contributed by atoms with Crippen LogP contribution in [0.4, 0.5) is 5.69 Å². The maximum Gasteiger partial charge on any atom is 0.310 e. The summed E-state index contributed by atoms with van der Waals surface area (Å²) in [5.41, 5.74) is 4.18. The van der Waals surface area contributed by atoms with Gasteiger partial charge < -0.3 is 14.9 Å². The van der Waals surface area contributed by atoms with Gasteiger partial charge in [0.1, 0.15) is 0 Å². The highest BCUT2D eigenvalue weighted by molar-refractivity contribution is 6.09. The zero-order valence-electron chi connectivity index (χ0n) is 25.6. The van der Waals surface area contributed by atoms with Gasteiger partial charge in [-0.2, -0.15) is 0 Å². The number of anilines is 1. The number of rotatable bonds is 10. The van der Waals surface area contributed by atoms with Crippen molar-refractivity contribution in [2.45, 2.75) is 51.5 Å². The van der Waals surface area contributed by atoms with Gasteiger partial charge in [0.2, 0.25) is 5.91 Å². The summed E-state index contributed by atoms with van der Waals surface area (Å²) in [4.78, 5) is 40.3. The Morgan fingerprint density at radius 1 is 0.795 bits per heavy atom. The number of carbonyl (C=O) groups is 3. The van der Waals surface area contributed by atoms with E-state index in [2.05, 4.69) is 47.4 Å². The summed E-state index contributed by atoms with van der Waals surface area (Å²) in [6, 6.07) is 36.9. The summed E-state index contributed by atoms with van der Waals surface area (Å²) in [5, 5.41) is 9.00. The highest BCUT2D eigenvalue weighted by Crippen LogP contribution is 2.25. The van der Waals surface area contributed by atoms with E-state index in [1.165, 1.54) is 5.56 Å². The number of piperidine rings is 1. The fourth-order valence-electron chi connectivity index (χ4n) is 5.50. The molecule has 44 heavy (non-hydrogen) atoms. The maximum absolute atomic E-state index is 12.5. The molecule has 0 bridgehead atoms. The molecule has 1 fully saturated rings. The first-order chi connectivity index (χ1) is 21.4. The van der Waals surface area contributed by atoms with Crippen LogP contribution in [-0.2, 0) is 16.0 Å². The number of hydrogen-bond acceptors (Lipinski definition) is 4. The van der Waals surface area contributed by atoms with Gasteiger partial charge in [0.25, 0.3) is 0 Å². The van der Waals surface area contributed by atoms with Gasteiger partial charge in [0, 0.05) is 48.9 Å². The van der Waals surface area contributed by atoms with Gasteiger partial charge in [-0.15, -0.1) is 0 Å². The summed E-state index contributed by atoms with van der Waals surface area (Å²) in [7, 11) is 0. The van der Waals surface area contributed by atoms with Crippen LogP contribution in [0.1, 0.15) is 66.1 Å². The average Bonchev–Trinajstić information content (AvgIpc) is 3.09. The molecule has 4 aromatic rings. The minimum Gasteiger partial charge on any atom is -0.481 e. The number of carboxylic acids is 1. The molecule has 0 aliphatic carbocycles. The Bertz CT molecular complexity index is 1480. The largest absolute Gasteiger partial charge is 0.481 e. The molecule has 228 valence electrons. The second-order valence-electron chi connectivity index (χ2n) is 11.1. The van der Waals surface area contributed by atoms with Crippen LogP contribution in [-0.4, -0.2) is 53.3 Å². The second kappa shape index (κ2) is 16.3. The number of likely N-dealkylation sites (tertiary alicyclic amines) is 1. The lowest BCUT2D eigenvalue weighted by Crippen LogP contribution is -2.47. The molecule has 1 amide bonds. The fraction of sp³-hybridized carbons (Fsp3) is 0.289. The predicted octanol–water partition coefficient (Wildman–Crippen LogP) is 7.24. The van der Waals surface area contributed by atoms with Gasteiger partial charge in [0.05, 0.1) is 5.92 Å². The van der Waals surface area contributed by atoms with Crippen molar-refractivity contribution in [1.29, 1.82) is 0 Å². The van der Waals surface area contributed by atoms with E-state index in [4.69, 9.17) is 5.11 Å². The molecule has 0 spiro atoms. The smallest absolute Gasteiger partial charge is 0.310 e. The van der Waals surface area contributed by atoms with E-state index in [0.29, 0.717) is 29.2 Å². The monoisotopic (exact) mass is 590 g/mol. The minimum atomic E-state index is -0.899. The highest BCUT2D eigenvalue weighted by atomic mass is 16.4. The van der Waals surface area contributed by atoms with Crippen molar-refractivity contribution in [3.63, 3.8) is 0 Å². The zero-order chi connectivity index (χ0) is 31.3. The molecule has 6 heteroatoms. The van der Waals surface area contributed by atoms with Gasteiger partial charge in [-0.25, -0.2) is 0 Å². The van der Waals surface area contributed by atoms with Crippen LogP contribution < -0.4 is 4.90 Å². The predicted molar refractivity (Wildman–Crippen MR) is 176 cm³/mol. The van der Waals surface area contributed by atoms with E-state index in [-0.39, 0.29) is 11.7 Å².